The molecule has 0 bridgehead atoms. The molecule has 0 nitrogen and oxygen atoms in total. The zero-order valence-electron chi connectivity index (χ0n) is 8.97. The molecule has 15 heavy (non-hydrogen) atoms. The number of benzene rings is 1. The summed E-state index contributed by atoms with van der Waals surface area (Å²) in [6, 6.07) is 5.15. The van der Waals surface area contributed by atoms with Crippen LogP contribution in [0.5, 0.6) is 0 Å². The van der Waals surface area contributed by atoms with Gasteiger partial charge >= 0.3 is 0 Å². The van der Waals surface area contributed by atoms with Crippen molar-refractivity contribution < 1.29 is 4.39 Å². The van der Waals surface area contributed by atoms with Crippen molar-refractivity contribution in [3.8, 4) is 0 Å². The van der Waals surface area contributed by atoms with Gasteiger partial charge in [-0.05, 0) is 36.3 Å². The number of rotatable bonds is 1. The highest BCUT2D eigenvalue weighted by atomic mass is 35.5. The Balaban J connectivity index is 2.19. The predicted molar refractivity (Wildman–Crippen MR) is 61.8 cm³/mol. The monoisotopic (exact) mass is 226 g/mol. The Morgan fingerprint density at radius 1 is 1.20 bits per heavy atom. The van der Waals surface area contributed by atoms with Gasteiger partial charge in [-0.2, -0.15) is 0 Å². The molecule has 1 aromatic rings. The maximum Gasteiger partial charge on any atom is 0.142 e. The fraction of sp³-hybridized carbons (Fsp3) is 0.538. The Hall–Kier alpha value is -0.560. The maximum atomic E-state index is 13.3. The van der Waals surface area contributed by atoms with E-state index in [1.807, 2.05) is 6.07 Å². The molecule has 2 heteroatoms. The van der Waals surface area contributed by atoms with Crippen molar-refractivity contribution in [1.29, 1.82) is 0 Å². The van der Waals surface area contributed by atoms with Crippen molar-refractivity contribution in [3.63, 3.8) is 0 Å². The minimum absolute atomic E-state index is 0.284. The average molecular weight is 227 g/mol. The summed E-state index contributed by atoms with van der Waals surface area (Å²) in [4.78, 5) is 0. The summed E-state index contributed by atoms with van der Waals surface area (Å²) < 4.78 is 13.3. The first-order valence-corrected chi connectivity index (χ1v) is 6.00. The Bertz CT molecular complexity index is 340. The van der Waals surface area contributed by atoms with Crippen LogP contribution in [0.15, 0.2) is 18.2 Å². The van der Waals surface area contributed by atoms with Crippen LogP contribution in [0.25, 0.3) is 0 Å². The molecule has 0 N–H and O–H groups in total. The van der Waals surface area contributed by atoms with Gasteiger partial charge in [0.2, 0.25) is 0 Å². The summed E-state index contributed by atoms with van der Waals surface area (Å²) in [6.45, 7) is 2.28. The summed E-state index contributed by atoms with van der Waals surface area (Å²) in [5, 5.41) is 0.331. The second-order valence-electron chi connectivity index (χ2n) is 4.60. The Labute approximate surface area is 95.4 Å². The lowest BCUT2D eigenvalue weighted by atomic mass is 9.79. The van der Waals surface area contributed by atoms with Gasteiger partial charge in [0.05, 0.1) is 5.02 Å². The molecule has 0 heterocycles. The van der Waals surface area contributed by atoms with Crippen LogP contribution < -0.4 is 0 Å². The quantitative estimate of drug-likeness (QED) is 0.647. The lowest BCUT2D eigenvalue weighted by Gasteiger charge is -2.27. The third-order valence-electron chi connectivity index (χ3n) is 3.44. The van der Waals surface area contributed by atoms with Gasteiger partial charge in [-0.1, -0.05) is 43.5 Å². The molecule has 1 fully saturated rings. The van der Waals surface area contributed by atoms with Crippen molar-refractivity contribution >= 4 is 11.6 Å². The molecule has 0 aliphatic heterocycles. The second-order valence-corrected chi connectivity index (χ2v) is 4.98. The molecule has 1 saturated carbocycles. The van der Waals surface area contributed by atoms with Crippen molar-refractivity contribution in [2.24, 2.45) is 5.92 Å². The van der Waals surface area contributed by atoms with E-state index in [4.69, 9.17) is 11.6 Å². The van der Waals surface area contributed by atoms with Crippen molar-refractivity contribution in [2.75, 3.05) is 0 Å². The third kappa shape index (κ3) is 2.34. The summed E-state index contributed by atoms with van der Waals surface area (Å²) in [5.74, 6) is 0.991. The highest BCUT2D eigenvalue weighted by molar-refractivity contribution is 6.31. The van der Waals surface area contributed by atoms with Gasteiger partial charge in [0, 0.05) is 0 Å². The van der Waals surface area contributed by atoms with Crippen LogP contribution in [0, 0.1) is 11.7 Å². The van der Waals surface area contributed by atoms with Crippen molar-refractivity contribution in [1.82, 2.24) is 0 Å². The van der Waals surface area contributed by atoms with Crippen LogP contribution in [0.1, 0.15) is 44.1 Å². The van der Waals surface area contributed by atoms with Gasteiger partial charge in [-0.15, -0.1) is 0 Å². The highest BCUT2D eigenvalue weighted by Gasteiger charge is 2.22. The van der Waals surface area contributed by atoms with E-state index in [9.17, 15) is 4.39 Å². The molecule has 1 aliphatic rings. The first-order chi connectivity index (χ1) is 7.18. The van der Waals surface area contributed by atoms with Crippen LogP contribution >= 0.6 is 11.6 Å². The Kier molecular flexibility index (Phi) is 3.30. The summed E-state index contributed by atoms with van der Waals surface area (Å²) >= 11 is 5.99. The highest BCUT2D eigenvalue weighted by Crippen LogP contribution is 2.38. The minimum Gasteiger partial charge on any atom is -0.205 e. The van der Waals surface area contributed by atoms with Crippen LogP contribution in [-0.4, -0.2) is 0 Å². The van der Waals surface area contributed by atoms with Gasteiger partial charge < -0.3 is 0 Å². The zero-order chi connectivity index (χ0) is 10.8. The van der Waals surface area contributed by atoms with E-state index in [1.165, 1.54) is 18.9 Å². The molecule has 1 aromatic carbocycles. The topological polar surface area (TPSA) is 0 Å². The standard InChI is InChI=1S/C13H16ClF/c1-9-5-7-10(8-6-9)11-3-2-4-12(15)13(11)14/h2-4,9-10H,5-8H2,1H3. The largest absolute Gasteiger partial charge is 0.205 e. The van der Waals surface area contributed by atoms with Gasteiger partial charge in [0.1, 0.15) is 5.82 Å². The minimum atomic E-state index is -0.284. The van der Waals surface area contributed by atoms with Crippen LogP contribution in [0.4, 0.5) is 4.39 Å². The van der Waals surface area contributed by atoms with E-state index < -0.39 is 0 Å². The van der Waals surface area contributed by atoms with Crippen LogP contribution in [-0.2, 0) is 0 Å². The molecule has 0 amide bonds. The number of hydrogen-bond acceptors (Lipinski definition) is 0. The van der Waals surface area contributed by atoms with E-state index in [2.05, 4.69) is 6.92 Å². The maximum absolute atomic E-state index is 13.3. The van der Waals surface area contributed by atoms with E-state index in [1.54, 1.807) is 6.07 Å². The first-order valence-electron chi connectivity index (χ1n) is 5.62. The molecule has 2 rings (SSSR count). The second kappa shape index (κ2) is 4.52. The molecule has 0 saturated heterocycles. The van der Waals surface area contributed by atoms with Gasteiger partial charge in [-0.3, -0.25) is 0 Å². The smallest absolute Gasteiger partial charge is 0.142 e. The molecular formula is C13H16ClF. The molecule has 82 valence electrons. The van der Waals surface area contributed by atoms with Crippen LogP contribution in [0.3, 0.4) is 0 Å². The van der Waals surface area contributed by atoms with Gasteiger partial charge in [-0.25, -0.2) is 4.39 Å². The molecule has 0 radical (unpaired) electrons. The van der Waals surface area contributed by atoms with Crippen molar-refractivity contribution in [3.05, 3.63) is 34.6 Å². The van der Waals surface area contributed by atoms with E-state index in [-0.39, 0.29) is 5.82 Å². The Morgan fingerprint density at radius 2 is 1.87 bits per heavy atom. The molecule has 0 spiro atoms. The van der Waals surface area contributed by atoms with Gasteiger partial charge in [0.25, 0.3) is 0 Å². The fourth-order valence-electron chi connectivity index (χ4n) is 2.41. The van der Waals surface area contributed by atoms with E-state index >= 15 is 0 Å². The fourth-order valence-corrected chi connectivity index (χ4v) is 2.69. The molecule has 0 atom stereocenters. The average Bonchev–Trinajstić information content (AvgIpc) is 2.24. The molecule has 0 aromatic heterocycles. The third-order valence-corrected chi connectivity index (χ3v) is 3.84. The normalized spacial score (nSPS) is 26.6. The first kappa shape index (κ1) is 10.9. The predicted octanol–water partition coefficient (Wildman–Crippen LogP) is 4.77. The summed E-state index contributed by atoms with van der Waals surface area (Å²) in [6.07, 6.45) is 4.75. The number of hydrogen-bond donors (Lipinski definition) is 0. The SMILES string of the molecule is CC1CCC(c2cccc(F)c2Cl)CC1. The Morgan fingerprint density at radius 3 is 2.53 bits per heavy atom. The van der Waals surface area contributed by atoms with Crippen LogP contribution in [0.2, 0.25) is 5.02 Å². The zero-order valence-corrected chi connectivity index (χ0v) is 9.73. The molecular weight excluding hydrogens is 211 g/mol. The van der Waals surface area contributed by atoms with E-state index in [0.29, 0.717) is 10.9 Å². The van der Waals surface area contributed by atoms with E-state index in [0.717, 1.165) is 24.3 Å². The lowest BCUT2D eigenvalue weighted by Crippen LogP contribution is -2.11. The lowest BCUT2D eigenvalue weighted by molar-refractivity contribution is 0.347. The van der Waals surface area contributed by atoms with Crippen molar-refractivity contribution in [2.45, 2.75) is 38.5 Å². The number of halogens is 2. The summed E-state index contributed by atoms with van der Waals surface area (Å²) in [7, 11) is 0. The van der Waals surface area contributed by atoms with Gasteiger partial charge in [0.15, 0.2) is 0 Å². The molecule has 1 aliphatic carbocycles. The summed E-state index contributed by atoms with van der Waals surface area (Å²) in [5.41, 5.74) is 1.00. The molecule has 0 unspecified atom stereocenters.